The number of hydrogen-bond donors (Lipinski definition) is 1. The van der Waals surface area contributed by atoms with Crippen molar-refractivity contribution in [3.63, 3.8) is 0 Å². The highest BCUT2D eigenvalue weighted by atomic mass is 16.2. The third-order valence-electron chi connectivity index (χ3n) is 4.42. The summed E-state index contributed by atoms with van der Waals surface area (Å²) in [5.74, 6) is 0.0208. The second-order valence-electron chi connectivity index (χ2n) is 5.96. The molecule has 1 amide bonds. The highest BCUT2D eigenvalue weighted by Crippen LogP contribution is 2.37. The van der Waals surface area contributed by atoms with Crippen molar-refractivity contribution >= 4 is 17.3 Å². The van der Waals surface area contributed by atoms with Crippen LogP contribution in [0.3, 0.4) is 0 Å². The summed E-state index contributed by atoms with van der Waals surface area (Å²) in [5, 5.41) is 3.52. The number of benzene rings is 3. The Kier molecular flexibility index (Phi) is 3.54. The molecule has 1 N–H and O–H groups in total. The number of para-hydroxylation sites is 2. The molecule has 0 spiro atoms. The van der Waals surface area contributed by atoms with Gasteiger partial charge in [-0.05, 0) is 36.2 Å². The Bertz CT molecular complexity index is 889. The molecule has 0 saturated carbocycles. The van der Waals surface area contributed by atoms with Gasteiger partial charge in [0.1, 0.15) is 6.17 Å². The maximum absolute atomic E-state index is 13.2. The van der Waals surface area contributed by atoms with Gasteiger partial charge in [0.25, 0.3) is 5.91 Å². The van der Waals surface area contributed by atoms with Crippen molar-refractivity contribution in [2.45, 2.75) is 13.1 Å². The average Bonchev–Trinajstić information content (AvgIpc) is 2.63. The molecule has 0 fully saturated rings. The van der Waals surface area contributed by atoms with Gasteiger partial charge in [-0.2, -0.15) is 0 Å². The molecule has 0 saturated heterocycles. The van der Waals surface area contributed by atoms with Crippen LogP contribution in [0, 0.1) is 6.92 Å². The molecular weight excluding hydrogens is 296 g/mol. The van der Waals surface area contributed by atoms with Gasteiger partial charge in [0.15, 0.2) is 0 Å². The number of carbonyl (C=O) groups is 1. The molecular formula is C21H18N2O. The molecule has 1 heterocycles. The number of rotatable bonds is 2. The molecule has 0 aliphatic carbocycles. The van der Waals surface area contributed by atoms with Crippen LogP contribution in [0.15, 0.2) is 78.9 Å². The summed E-state index contributed by atoms with van der Waals surface area (Å²) in [6.45, 7) is 2.03. The van der Waals surface area contributed by atoms with Crippen molar-refractivity contribution in [1.82, 2.24) is 0 Å². The third kappa shape index (κ3) is 2.35. The van der Waals surface area contributed by atoms with Crippen LogP contribution < -0.4 is 10.2 Å². The van der Waals surface area contributed by atoms with E-state index in [1.54, 1.807) is 0 Å². The Labute approximate surface area is 141 Å². The van der Waals surface area contributed by atoms with Crippen molar-refractivity contribution in [3.05, 3.63) is 95.6 Å². The fraction of sp³-hybridized carbons (Fsp3) is 0.0952. The van der Waals surface area contributed by atoms with E-state index in [4.69, 9.17) is 0 Å². The van der Waals surface area contributed by atoms with E-state index in [1.165, 1.54) is 0 Å². The molecule has 3 aromatic carbocycles. The number of nitrogens with zero attached hydrogens (tertiary/aromatic N) is 1. The lowest BCUT2D eigenvalue weighted by Gasteiger charge is -2.38. The minimum atomic E-state index is -0.227. The predicted molar refractivity (Wildman–Crippen MR) is 97.2 cm³/mol. The Balaban J connectivity index is 1.90. The smallest absolute Gasteiger partial charge is 0.262 e. The van der Waals surface area contributed by atoms with Crippen LogP contribution in [-0.2, 0) is 0 Å². The van der Waals surface area contributed by atoms with Gasteiger partial charge >= 0.3 is 0 Å². The molecule has 1 atom stereocenters. The van der Waals surface area contributed by atoms with Gasteiger partial charge in [-0.15, -0.1) is 0 Å². The first-order valence-corrected chi connectivity index (χ1v) is 8.05. The van der Waals surface area contributed by atoms with E-state index in [9.17, 15) is 4.79 Å². The van der Waals surface area contributed by atoms with E-state index in [1.807, 2.05) is 90.7 Å². The lowest BCUT2D eigenvalue weighted by Crippen LogP contribution is -2.43. The lowest BCUT2D eigenvalue weighted by atomic mass is 10.0. The quantitative estimate of drug-likeness (QED) is 0.739. The van der Waals surface area contributed by atoms with Crippen LogP contribution in [-0.4, -0.2) is 5.91 Å². The minimum absolute atomic E-state index is 0.0208. The summed E-state index contributed by atoms with van der Waals surface area (Å²) in [5.41, 5.74) is 4.64. The largest absolute Gasteiger partial charge is 0.360 e. The minimum Gasteiger partial charge on any atom is -0.360 e. The fourth-order valence-electron chi connectivity index (χ4n) is 3.20. The normalized spacial score (nSPS) is 16.5. The Morgan fingerprint density at radius 1 is 0.833 bits per heavy atom. The topological polar surface area (TPSA) is 32.3 Å². The monoisotopic (exact) mass is 314 g/mol. The average molecular weight is 314 g/mol. The number of hydrogen-bond acceptors (Lipinski definition) is 2. The van der Waals surface area contributed by atoms with Crippen LogP contribution >= 0.6 is 0 Å². The Morgan fingerprint density at radius 2 is 1.50 bits per heavy atom. The highest BCUT2D eigenvalue weighted by Gasteiger charge is 2.34. The first-order valence-electron chi connectivity index (χ1n) is 8.05. The highest BCUT2D eigenvalue weighted by molar-refractivity contribution is 6.12. The third-order valence-corrected chi connectivity index (χ3v) is 4.42. The van der Waals surface area contributed by atoms with E-state index in [0.29, 0.717) is 5.56 Å². The van der Waals surface area contributed by atoms with Crippen molar-refractivity contribution < 1.29 is 4.79 Å². The zero-order valence-electron chi connectivity index (χ0n) is 13.4. The molecule has 0 aromatic heterocycles. The lowest BCUT2D eigenvalue weighted by molar-refractivity contribution is 0.0974. The molecule has 3 heteroatoms. The first kappa shape index (κ1) is 14.5. The number of fused-ring (bicyclic) bond motifs is 1. The zero-order valence-corrected chi connectivity index (χ0v) is 13.4. The molecule has 118 valence electrons. The fourth-order valence-corrected chi connectivity index (χ4v) is 3.20. The van der Waals surface area contributed by atoms with Gasteiger partial charge in [-0.25, -0.2) is 0 Å². The van der Waals surface area contributed by atoms with Crippen molar-refractivity contribution in [2.75, 3.05) is 10.2 Å². The van der Waals surface area contributed by atoms with Crippen LogP contribution in [0.25, 0.3) is 0 Å². The molecule has 4 rings (SSSR count). The van der Waals surface area contributed by atoms with E-state index in [-0.39, 0.29) is 12.1 Å². The Morgan fingerprint density at radius 3 is 2.29 bits per heavy atom. The standard InChI is InChI=1S/C21H18N2O/c1-15-9-5-8-14-19(15)23-20(16-10-3-2-4-11-16)22-18-13-7-6-12-17(18)21(23)24/h2-14,20,22H,1H3. The first-order chi connectivity index (χ1) is 11.8. The van der Waals surface area contributed by atoms with E-state index < -0.39 is 0 Å². The zero-order chi connectivity index (χ0) is 16.5. The van der Waals surface area contributed by atoms with Gasteiger partial charge in [-0.1, -0.05) is 60.7 Å². The van der Waals surface area contributed by atoms with Gasteiger partial charge in [0, 0.05) is 11.4 Å². The van der Waals surface area contributed by atoms with Crippen LogP contribution in [0.5, 0.6) is 0 Å². The van der Waals surface area contributed by atoms with Crippen LogP contribution in [0.4, 0.5) is 11.4 Å². The molecule has 1 aliphatic heterocycles. The van der Waals surface area contributed by atoms with E-state index in [2.05, 4.69) is 5.32 Å². The molecule has 3 aromatic rings. The molecule has 24 heavy (non-hydrogen) atoms. The number of anilines is 2. The summed E-state index contributed by atoms with van der Waals surface area (Å²) in [4.78, 5) is 15.1. The van der Waals surface area contributed by atoms with Gasteiger partial charge in [0.2, 0.25) is 0 Å². The number of nitrogens with one attached hydrogen (secondary N) is 1. The Hall–Kier alpha value is -3.07. The number of aryl methyl sites for hydroxylation is 1. The SMILES string of the molecule is Cc1ccccc1N1C(=O)c2ccccc2NC1c1ccccc1. The molecule has 3 nitrogen and oxygen atoms in total. The van der Waals surface area contributed by atoms with E-state index >= 15 is 0 Å². The second kappa shape index (κ2) is 5.85. The molecule has 0 radical (unpaired) electrons. The van der Waals surface area contributed by atoms with Crippen molar-refractivity contribution in [1.29, 1.82) is 0 Å². The van der Waals surface area contributed by atoms with E-state index in [0.717, 1.165) is 22.5 Å². The van der Waals surface area contributed by atoms with Crippen LogP contribution in [0.2, 0.25) is 0 Å². The molecule has 0 bridgehead atoms. The molecule has 1 unspecified atom stereocenters. The van der Waals surface area contributed by atoms with Gasteiger partial charge in [0.05, 0.1) is 5.56 Å². The summed E-state index contributed by atoms with van der Waals surface area (Å²) < 4.78 is 0. The summed E-state index contributed by atoms with van der Waals surface area (Å²) >= 11 is 0. The number of amides is 1. The van der Waals surface area contributed by atoms with Crippen LogP contribution in [0.1, 0.15) is 27.7 Å². The molecule has 1 aliphatic rings. The predicted octanol–water partition coefficient (Wildman–Crippen LogP) is 4.77. The second-order valence-corrected chi connectivity index (χ2v) is 5.96. The summed E-state index contributed by atoms with van der Waals surface area (Å²) in [6.07, 6.45) is -0.227. The maximum atomic E-state index is 13.2. The summed E-state index contributed by atoms with van der Waals surface area (Å²) in [6, 6.07) is 25.7. The van der Waals surface area contributed by atoms with Crippen molar-refractivity contribution in [2.24, 2.45) is 0 Å². The van der Waals surface area contributed by atoms with Gasteiger partial charge < -0.3 is 5.32 Å². The van der Waals surface area contributed by atoms with Gasteiger partial charge in [-0.3, -0.25) is 9.69 Å². The number of carbonyl (C=O) groups excluding carboxylic acids is 1. The summed E-state index contributed by atoms with van der Waals surface area (Å²) in [7, 11) is 0. The van der Waals surface area contributed by atoms with Crippen molar-refractivity contribution in [3.8, 4) is 0 Å². The maximum Gasteiger partial charge on any atom is 0.262 e.